The number of Topliss-reactive ketones (excluding diaryl/α,β-unsaturated/α-hetero) is 1. The number of fused-ring (bicyclic) bond motifs is 1. The second-order valence-corrected chi connectivity index (χ2v) is 4.87. The molecule has 18 heavy (non-hydrogen) atoms. The van der Waals surface area contributed by atoms with Crippen molar-refractivity contribution in [1.82, 2.24) is 0 Å². The van der Waals surface area contributed by atoms with Gasteiger partial charge in [-0.2, -0.15) is 0 Å². The molecule has 0 unspecified atom stereocenters. The first kappa shape index (κ1) is 12.8. The normalized spacial score (nSPS) is 10.8. The molecule has 0 saturated carbocycles. The SMILES string of the molecule is CCCCCc1cccc2cc(C(C)=O)ccc12. The number of rotatable bonds is 5. The number of carbonyl (C=O) groups excluding carboxylic acids is 1. The van der Waals surface area contributed by atoms with Gasteiger partial charge in [0.2, 0.25) is 0 Å². The van der Waals surface area contributed by atoms with Crippen molar-refractivity contribution < 1.29 is 4.79 Å². The van der Waals surface area contributed by atoms with Crippen LogP contribution in [-0.2, 0) is 6.42 Å². The number of benzene rings is 2. The Hall–Kier alpha value is -1.63. The summed E-state index contributed by atoms with van der Waals surface area (Å²) >= 11 is 0. The molecule has 2 aromatic carbocycles. The van der Waals surface area contributed by atoms with Crippen molar-refractivity contribution in [3.05, 3.63) is 47.5 Å². The minimum absolute atomic E-state index is 0.133. The third-order valence-electron chi connectivity index (χ3n) is 3.43. The van der Waals surface area contributed by atoms with Crippen LogP contribution in [0.4, 0.5) is 0 Å². The second-order valence-electron chi connectivity index (χ2n) is 4.87. The van der Waals surface area contributed by atoms with Crippen molar-refractivity contribution in [1.29, 1.82) is 0 Å². The predicted molar refractivity (Wildman–Crippen MR) is 77.2 cm³/mol. The molecule has 2 aromatic rings. The van der Waals surface area contributed by atoms with Crippen molar-refractivity contribution >= 4 is 16.6 Å². The Balaban J connectivity index is 2.34. The van der Waals surface area contributed by atoms with E-state index in [2.05, 4.69) is 31.2 Å². The Bertz CT molecular complexity index is 555. The van der Waals surface area contributed by atoms with Gasteiger partial charge in [-0.3, -0.25) is 4.79 Å². The zero-order chi connectivity index (χ0) is 13.0. The lowest BCUT2D eigenvalue weighted by Crippen LogP contribution is -1.93. The van der Waals surface area contributed by atoms with Crippen LogP contribution in [0.25, 0.3) is 10.8 Å². The Kier molecular flexibility index (Phi) is 4.14. The van der Waals surface area contributed by atoms with Crippen LogP contribution >= 0.6 is 0 Å². The van der Waals surface area contributed by atoms with E-state index in [1.165, 1.54) is 35.6 Å². The van der Waals surface area contributed by atoms with E-state index in [4.69, 9.17) is 0 Å². The van der Waals surface area contributed by atoms with Crippen LogP contribution in [0.3, 0.4) is 0 Å². The van der Waals surface area contributed by atoms with Gasteiger partial charge in [-0.1, -0.05) is 50.1 Å². The van der Waals surface area contributed by atoms with E-state index in [-0.39, 0.29) is 5.78 Å². The van der Waals surface area contributed by atoms with E-state index in [0.29, 0.717) is 0 Å². The van der Waals surface area contributed by atoms with Gasteiger partial charge in [-0.05, 0) is 42.2 Å². The summed E-state index contributed by atoms with van der Waals surface area (Å²) in [7, 11) is 0. The highest BCUT2D eigenvalue weighted by Gasteiger charge is 2.04. The fraction of sp³-hybridized carbons (Fsp3) is 0.353. The average molecular weight is 240 g/mol. The number of ketones is 1. The highest BCUT2D eigenvalue weighted by Crippen LogP contribution is 2.22. The van der Waals surface area contributed by atoms with Crippen LogP contribution in [-0.4, -0.2) is 5.78 Å². The smallest absolute Gasteiger partial charge is 0.159 e. The molecule has 0 aliphatic rings. The predicted octanol–water partition coefficient (Wildman–Crippen LogP) is 4.78. The fourth-order valence-corrected chi connectivity index (χ4v) is 2.35. The molecule has 1 heteroatoms. The van der Waals surface area contributed by atoms with Crippen LogP contribution < -0.4 is 0 Å². The van der Waals surface area contributed by atoms with E-state index in [1.54, 1.807) is 6.92 Å². The minimum Gasteiger partial charge on any atom is -0.295 e. The molecule has 0 aromatic heterocycles. The van der Waals surface area contributed by atoms with Gasteiger partial charge in [0.1, 0.15) is 0 Å². The summed E-state index contributed by atoms with van der Waals surface area (Å²) in [5, 5.41) is 2.47. The highest BCUT2D eigenvalue weighted by atomic mass is 16.1. The quantitative estimate of drug-likeness (QED) is 0.543. The Labute approximate surface area is 109 Å². The van der Waals surface area contributed by atoms with Gasteiger partial charge < -0.3 is 0 Å². The highest BCUT2D eigenvalue weighted by molar-refractivity contribution is 5.99. The van der Waals surface area contributed by atoms with Gasteiger partial charge in [0.15, 0.2) is 5.78 Å². The van der Waals surface area contributed by atoms with Gasteiger partial charge in [0, 0.05) is 5.56 Å². The van der Waals surface area contributed by atoms with Crippen LogP contribution in [0.5, 0.6) is 0 Å². The topological polar surface area (TPSA) is 17.1 Å². The molecular formula is C17H20O. The van der Waals surface area contributed by atoms with E-state index in [9.17, 15) is 4.79 Å². The maximum atomic E-state index is 11.4. The molecule has 0 spiro atoms. The van der Waals surface area contributed by atoms with Crippen molar-refractivity contribution in [2.45, 2.75) is 39.5 Å². The Morgan fingerprint density at radius 1 is 1.11 bits per heavy atom. The molecule has 0 atom stereocenters. The number of hydrogen-bond donors (Lipinski definition) is 0. The summed E-state index contributed by atoms with van der Waals surface area (Å²) < 4.78 is 0. The van der Waals surface area contributed by atoms with Crippen LogP contribution in [0.15, 0.2) is 36.4 Å². The maximum absolute atomic E-state index is 11.4. The molecule has 0 fully saturated rings. The first-order valence-electron chi connectivity index (χ1n) is 6.75. The van der Waals surface area contributed by atoms with Gasteiger partial charge in [0.25, 0.3) is 0 Å². The summed E-state index contributed by atoms with van der Waals surface area (Å²) in [5.41, 5.74) is 2.20. The lowest BCUT2D eigenvalue weighted by Gasteiger charge is -2.07. The number of hydrogen-bond acceptors (Lipinski definition) is 1. The van der Waals surface area contributed by atoms with Gasteiger partial charge in [-0.15, -0.1) is 0 Å². The third-order valence-corrected chi connectivity index (χ3v) is 3.43. The van der Waals surface area contributed by atoms with Crippen molar-refractivity contribution in [3.8, 4) is 0 Å². The molecule has 0 radical (unpaired) electrons. The lowest BCUT2D eigenvalue weighted by atomic mass is 9.97. The summed E-state index contributed by atoms with van der Waals surface area (Å²) in [6.07, 6.45) is 4.90. The van der Waals surface area contributed by atoms with Crippen LogP contribution in [0.1, 0.15) is 49.0 Å². The molecule has 1 nitrogen and oxygen atoms in total. The molecule has 94 valence electrons. The van der Waals surface area contributed by atoms with Crippen molar-refractivity contribution in [2.75, 3.05) is 0 Å². The Morgan fingerprint density at radius 2 is 1.94 bits per heavy atom. The van der Waals surface area contributed by atoms with Gasteiger partial charge in [0.05, 0.1) is 0 Å². The summed E-state index contributed by atoms with van der Waals surface area (Å²) in [6.45, 7) is 3.84. The molecule has 0 heterocycles. The molecule has 0 aliphatic heterocycles. The van der Waals surface area contributed by atoms with Crippen LogP contribution in [0.2, 0.25) is 0 Å². The van der Waals surface area contributed by atoms with Gasteiger partial charge >= 0.3 is 0 Å². The first-order chi connectivity index (χ1) is 8.72. The number of unbranched alkanes of at least 4 members (excludes halogenated alkanes) is 2. The molecule has 0 bridgehead atoms. The third kappa shape index (κ3) is 2.79. The fourth-order valence-electron chi connectivity index (χ4n) is 2.35. The molecule has 0 amide bonds. The standard InChI is InChI=1S/C17H20O/c1-3-4-5-7-14-8-6-9-16-12-15(13(2)18)10-11-17(14)16/h6,8-12H,3-5,7H2,1-2H3. The molecule has 0 N–H and O–H groups in total. The number of carbonyl (C=O) groups is 1. The Morgan fingerprint density at radius 3 is 2.67 bits per heavy atom. The summed E-state index contributed by atoms with van der Waals surface area (Å²) in [6, 6.07) is 12.4. The number of aryl methyl sites for hydroxylation is 1. The van der Waals surface area contributed by atoms with Crippen LogP contribution in [0, 0.1) is 0 Å². The van der Waals surface area contributed by atoms with E-state index in [1.807, 2.05) is 12.1 Å². The van der Waals surface area contributed by atoms with E-state index >= 15 is 0 Å². The van der Waals surface area contributed by atoms with Crippen molar-refractivity contribution in [2.24, 2.45) is 0 Å². The molecule has 0 aliphatic carbocycles. The lowest BCUT2D eigenvalue weighted by molar-refractivity contribution is 0.101. The molecule has 0 saturated heterocycles. The monoisotopic (exact) mass is 240 g/mol. The maximum Gasteiger partial charge on any atom is 0.159 e. The van der Waals surface area contributed by atoms with E-state index < -0.39 is 0 Å². The average Bonchev–Trinajstić information content (AvgIpc) is 2.38. The first-order valence-corrected chi connectivity index (χ1v) is 6.75. The summed E-state index contributed by atoms with van der Waals surface area (Å²) in [5.74, 6) is 0.133. The van der Waals surface area contributed by atoms with E-state index in [0.717, 1.165) is 12.0 Å². The minimum atomic E-state index is 0.133. The second kappa shape index (κ2) is 5.81. The zero-order valence-electron chi connectivity index (χ0n) is 11.2. The zero-order valence-corrected chi connectivity index (χ0v) is 11.2. The molecule has 2 rings (SSSR count). The largest absolute Gasteiger partial charge is 0.295 e. The van der Waals surface area contributed by atoms with Gasteiger partial charge in [-0.25, -0.2) is 0 Å². The summed E-state index contributed by atoms with van der Waals surface area (Å²) in [4.78, 5) is 11.4. The van der Waals surface area contributed by atoms with Crippen molar-refractivity contribution in [3.63, 3.8) is 0 Å². The molecular weight excluding hydrogens is 220 g/mol.